The lowest BCUT2D eigenvalue weighted by Crippen LogP contribution is -2.19. The number of pyridine rings is 2. The second-order valence-corrected chi connectivity index (χ2v) is 8.39. The van der Waals surface area contributed by atoms with Crippen molar-refractivity contribution in [3.63, 3.8) is 0 Å². The van der Waals surface area contributed by atoms with Gasteiger partial charge in [0.2, 0.25) is 0 Å². The fourth-order valence-electron chi connectivity index (χ4n) is 2.72. The van der Waals surface area contributed by atoms with Gasteiger partial charge in [-0.2, -0.15) is 8.42 Å². The number of anilines is 2. The number of aliphatic hydroxyl groups is 1. The van der Waals surface area contributed by atoms with Crippen LogP contribution in [0.15, 0.2) is 66.0 Å². The SMILES string of the molecule is O=C(CO)Nc1cc(COS(=O)(=O)c2ncccc2C(=O)Nc2ccc(OC(F)(F)F)cc2)ccn1. The molecule has 0 radical (unpaired) electrons. The summed E-state index contributed by atoms with van der Waals surface area (Å²) in [5.41, 5.74) is -0.0134. The maximum Gasteiger partial charge on any atom is 0.573 e. The number of nitrogens with one attached hydrogen (secondary N) is 2. The molecule has 0 aliphatic heterocycles. The summed E-state index contributed by atoms with van der Waals surface area (Å²) in [7, 11) is -4.56. The molecule has 3 aromatic rings. The monoisotopic (exact) mass is 526 g/mol. The summed E-state index contributed by atoms with van der Waals surface area (Å²) in [5, 5.41) is 12.7. The number of amides is 2. The van der Waals surface area contributed by atoms with Crippen LogP contribution in [0, 0.1) is 0 Å². The average molecular weight is 526 g/mol. The molecule has 0 unspecified atom stereocenters. The van der Waals surface area contributed by atoms with Crippen molar-refractivity contribution in [3.05, 3.63) is 72.1 Å². The van der Waals surface area contributed by atoms with E-state index in [1.807, 2.05) is 0 Å². The van der Waals surface area contributed by atoms with Crippen LogP contribution in [0.1, 0.15) is 15.9 Å². The molecule has 1 aromatic carbocycles. The molecule has 2 amide bonds. The largest absolute Gasteiger partial charge is 0.573 e. The van der Waals surface area contributed by atoms with Gasteiger partial charge in [0, 0.05) is 18.1 Å². The van der Waals surface area contributed by atoms with E-state index in [0.29, 0.717) is 5.56 Å². The fraction of sp³-hybridized carbons (Fsp3) is 0.143. The summed E-state index contributed by atoms with van der Waals surface area (Å²) in [6.45, 7) is -1.27. The number of nitrogens with zero attached hydrogens (tertiary/aromatic N) is 2. The maximum atomic E-state index is 12.8. The summed E-state index contributed by atoms with van der Waals surface area (Å²) >= 11 is 0. The van der Waals surface area contributed by atoms with Crippen LogP contribution < -0.4 is 15.4 Å². The molecule has 0 saturated heterocycles. The molecule has 0 fully saturated rings. The Labute approximate surface area is 202 Å². The zero-order chi connectivity index (χ0) is 26.3. The zero-order valence-corrected chi connectivity index (χ0v) is 18.8. The molecule has 11 nitrogen and oxygen atoms in total. The minimum atomic E-state index is -4.88. The normalized spacial score (nSPS) is 11.6. The van der Waals surface area contributed by atoms with E-state index >= 15 is 0 Å². The van der Waals surface area contributed by atoms with Crippen molar-refractivity contribution in [2.75, 3.05) is 17.2 Å². The van der Waals surface area contributed by atoms with Gasteiger partial charge in [-0.15, -0.1) is 13.2 Å². The molecule has 2 aromatic heterocycles. The van der Waals surface area contributed by atoms with Crippen LogP contribution in [0.3, 0.4) is 0 Å². The summed E-state index contributed by atoms with van der Waals surface area (Å²) in [6, 6.07) is 9.44. The number of aliphatic hydroxyl groups excluding tert-OH is 1. The van der Waals surface area contributed by atoms with Gasteiger partial charge < -0.3 is 20.5 Å². The predicted molar refractivity (Wildman–Crippen MR) is 117 cm³/mol. The van der Waals surface area contributed by atoms with Crippen molar-refractivity contribution in [1.29, 1.82) is 0 Å². The number of benzene rings is 1. The van der Waals surface area contributed by atoms with Gasteiger partial charge in [0.05, 0.1) is 12.2 Å². The number of halogens is 3. The number of hydrogen-bond donors (Lipinski definition) is 3. The summed E-state index contributed by atoms with van der Waals surface area (Å²) in [4.78, 5) is 31.6. The lowest BCUT2D eigenvalue weighted by atomic mass is 10.2. The van der Waals surface area contributed by atoms with E-state index in [2.05, 4.69) is 25.3 Å². The van der Waals surface area contributed by atoms with Crippen molar-refractivity contribution in [2.24, 2.45) is 0 Å². The van der Waals surface area contributed by atoms with Crippen LogP contribution >= 0.6 is 0 Å². The number of carbonyl (C=O) groups excluding carboxylic acids is 2. The minimum absolute atomic E-state index is 0.0529. The maximum absolute atomic E-state index is 12.8. The lowest BCUT2D eigenvalue weighted by molar-refractivity contribution is -0.274. The molecule has 0 aliphatic rings. The van der Waals surface area contributed by atoms with Gasteiger partial charge in [-0.25, -0.2) is 9.97 Å². The van der Waals surface area contributed by atoms with Gasteiger partial charge >= 0.3 is 16.5 Å². The first-order valence-electron chi connectivity index (χ1n) is 9.84. The Bertz CT molecular complexity index is 1350. The van der Waals surface area contributed by atoms with Gasteiger partial charge in [0.15, 0.2) is 5.03 Å². The average Bonchev–Trinajstić information content (AvgIpc) is 2.83. The Morgan fingerprint density at radius 1 is 1.00 bits per heavy atom. The molecular formula is C21H17F3N4O7S. The molecule has 3 rings (SSSR count). The van der Waals surface area contributed by atoms with Crippen molar-refractivity contribution in [2.45, 2.75) is 18.0 Å². The topological polar surface area (TPSA) is 157 Å². The van der Waals surface area contributed by atoms with E-state index in [1.54, 1.807) is 0 Å². The highest BCUT2D eigenvalue weighted by atomic mass is 32.2. The molecule has 0 bridgehead atoms. The lowest BCUT2D eigenvalue weighted by Gasteiger charge is -2.12. The van der Waals surface area contributed by atoms with Crippen molar-refractivity contribution in [1.82, 2.24) is 9.97 Å². The Hall–Kier alpha value is -4.08. The van der Waals surface area contributed by atoms with Gasteiger partial charge in [0.25, 0.3) is 11.8 Å². The Kier molecular flexibility index (Phi) is 8.18. The van der Waals surface area contributed by atoms with Crippen molar-refractivity contribution >= 4 is 33.4 Å². The molecule has 0 spiro atoms. The van der Waals surface area contributed by atoms with Crippen LogP contribution in [0.2, 0.25) is 0 Å². The molecule has 0 atom stereocenters. The molecule has 15 heteroatoms. The third-order valence-corrected chi connectivity index (χ3v) is 5.44. The fourth-order valence-corrected chi connectivity index (χ4v) is 3.74. The highest BCUT2D eigenvalue weighted by molar-refractivity contribution is 7.86. The van der Waals surface area contributed by atoms with Crippen LogP contribution in [-0.4, -0.2) is 48.3 Å². The van der Waals surface area contributed by atoms with E-state index < -0.39 is 52.3 Å². The molecule has 2 heterocycles. The predicted octanol–water partition coefficient (Wildman–Crippen LogP) is 2.46. The first kappa shape index (κ1) is 26.5. The number of hydrogen-bond acceptors (Lipinski definition) is 9. The van der Waals surface area contributed by atoms with Crippen LogP contribution in [-0.2, 0) is 25.7 Å². The third kappa shape index (κ3) is 7.46. The number of carbonyl (C=O) groups is 2. The van der Waals surface area contributed by atoms with E-state index in [4.69, 9.17) is 9.29 Å². The first-order chi connectivity index (χ1) is 17.0. The first-order valence-corrected chi connectivity index (χ1v) is 11.2. The van der Waals surface area contributed by atoms with E-state index in [0.717, 1.165) is 30.5 Å². The van der Waals surface area contributed by atoms with Crippen LogP contribution in [0.4, 0.5) is 24.7 Å². The van der Waals surface area contributed by atoms with Gasteiger partial charge in [-0.05, 0) is 54.1 Å². The number of alkyl halides is 3. The Balaban J connectivity index is 1.73. The second kappa shape index (κ2) is 11.1. The minimum Gasteiger partial charge on any atom is -0.406 e. The van der Waals surface area contributed by atoms with E-state index in [-0.39, 0.29) is 17.1 Å². The summed E-state index contributed by atoms with van der Waals surface area (Å²) in [5.74, 6) is -2.08. The summed E-state index contributed by atoms with van der Waals surface area (Å²) in [6.07, 6.45) is -2.47. The van der Waals surface area contributed by atoms with Crippen molar-refractivity contribution < 1.29 is 45.2 Å². The van der Waals surface area contributed by atoms with Crippen LogP contribution in [0.5, 0.6) is 5.75 Å². The molecule has 0 saturated carbocycles. The quantitative estimate of drug-likeness (QED) is 0.356. The third-order valence-electron chi connectivity index (χ3n) is 4.21. The molecule has 36 heavy (non-hydrogen) atoms. The highest BCUT2D eigenvalue weighted by Crippen LogP contribution is 2.25. The molecule has 0 aliphatic carbocycles. The molecule has 190 valence electrons. The second-order valence-electron chi connectivity index (χ2n) is 6.85. The summed E-state index contributed by atoms with van der Waals surface area (Å²) < 4.78 is 71.2. The smallest absolute Gasteiger partial charge is 0.406 e. The Morgan fingerprint density at radius 3 is 2.39 bits per heavy atom. The number of aromatic nitrogens is 2. The number of rotatable bonds is 9. The standard InChI is InChI=1S/C21H17F3N4O7S/c22-21(23,24)35-15-5-3-14(4-6-15)27-19(31)16-2-1-8-26-20(16)36(32,33)34-12-13-7-9-25-17(10-13)28-18(30)11-29/h1-10,29H,11-12H2,(H,27,31)(H,25,28,30). The number of ether oxygens (including phenoxy) is 1. The highest BCUT2D eigenvalue weighted by Gasteiger charge is 2.31. The van der Waals surface area contributed by atoms with Gasteiger partial charge in [-0.3, -0.25) is 13.8 Å². The van der Waals surface area contributed by atoms with E-state index in [9.17, 15) is 31.2 Å². The molecule has 3 N–H and O–H groups in total. The van der Waals surface area contributed by atoms with Crippen LogP contribution in [0.25, 0.3) is 0 Å². The Morgan fingerprint density at radius 2 is 1.72 bits per heavy atom. The van der Waals surface area contributed by atoms with Gasteiger partial charge in [-0.1, -0.05) is 0 Å². The molecular weight excluding hydrogens is 509 g/mol. The van der Waals surface area contributed by atoms with Gasteiger partial charge in [0.1, 0.15) is 18.2 Å². The zero-order valence-electron chi connectivity index (χ0n) is 18.0. The van der Waals surface area contributed by atoms with E-state index in [1.165, 1.54) is 30.5 Å². The van der Waals surface area contributed by atoms with Crippen molar-refractivity contribution in [3.8, 4) is 5.75 Å².